The number of ether oxygens (including phenoxy) is 1. The number of H-pyrrole nitrogens is 2. The normalized spacial score (nSPS) is 17.6. The number of aromatic amines is 2. The number of benzene rings is 3. The van der Waals surface area contributed by atoms with Crippen molar-refractivity contribution in [2.75, 3.05) is 26.2 Å². The van der Waals surface area contributed by atoms with Gasteiger partial charge in [-0.05, 0) is 60.6 Å². The highest BCUT2D eigenvalue weighted by atomic mass is 31.0. The van der Waals surface area contributed by atoms with Crippen molar-refractivity contribution in [2.24, 2.45) is 5.92 Å². The number of nitrogens with one attached hydrogen (secondary N) is 2. The standard InChI is InChI=1S/C25H25FN3OP/c1-14-6-7-29(13-14)8-9-30-25-23-19(17-10-15(26)2-4-21(17)27-23)12-20-18-11-16(31)3-5-22(18)28-24(20)25/h2-5,10-12,14,27-28H,6-9,13,31H2,1H3. The van der Waals surface area contributed by atoms with Gasteiger partial charge in [0.25, 0.3) is 0 Å². The van der Waals surface area contributed by atoms with Gasteiger partial charge >= 0.3 is 0 Å². The number of halogens is 1. The summed E-state index contributed by atoms with van der Waals surface area (Å²) in [6.45, 7) is 6.11. The Kier molecular flexibility index (Phi) is 4.45. The summed E-state index contributed by atoms with van der Waals surface area (Å²) >= 11 is 0. The predicted octanol–water partition coefficient (Wildman–Crippen LogP) is 5.32. The van der Waals surface area contributed by atoms with Crippen LogP contribution in [0.5, 0.6) is 5.75 Å². The zero-order chi connectivity index (χ0) is 21.1. The maximum atomic E-state index is 14.0. The summed E-state index contributed by atoms with van der Waals surface area (Å²) in [6.07, 6.45) is 1.26. The molecule has 0 aliphatic carbocycles. The zero-order valence-electron chi connectivity index (χ0n) is 17.5. The van der Waals surface area contributed by atoms with E-state index in [0.717, 1.165) is 80.2 Å². The van der Waals surface area contributed by atoms with Crippen LogP contribution >= 0.6 is 9.24 Å². The molecule has 0 bridgehead atoms. The van der Waals surface area contributed by atoms with Crippen molar-refractivity contribution in [1.29, 1.82) is 0 Å². The van der Waals surface area contributed by atoms with E-state index in [-0.39, 0.29) is 5.82 Å². The summed E-state index contributed by atoms with van der Waals surface area (Å²) < 4.78 is 20.5. The van der Waals surface area contributed by atoms with Crippen LogP contribution in [-0.4, -0.2) is 41.1 Å². The van der Waals surface area contributed by atoms with Crippen molar-refractivity contribution in [3.05, 3.63) is 48.3 Å². The molecule has 3 aromatic carbocycles. The van der Waals surface area contributed by atoms with Crippen LogP contribution in [0.25, 0.3) is 43.6 Å². The van der Waals surface area contributed by atoms with Crippen molar-refractivity contribution < 1.29 is 9.13 Å². The summed E-state index contributed by atoms with van der Waals surface area (Å²) in [7, 11) is 2.76. The number of nitrogens with zero attached hydrogens (tertiary/aromatic N) is 1. The fourth-order valence-electron chi connectivity index (χ4n) is 4.99. The van der Waals surface area contributed by atoms with Crippen molar-refractivity contribution in [3.63, 3.8) is 0 Å². The van der Waals surface area contributed by atoms with Crippen LogP contribution in [0, 0.1) is 11.7 Å². The molecule has 2 aromatic heterocycles. The fraction of sp³-hybridized carbons (Fsp3) is 0.280. The highest BCUT2D eigenvalue weighted by Crippen LogP contribution is 2.41. The van der Waals surface area contributed by atoms with Crippen molar-refractivity contribution in [1.82, 2.24) is 14.9 Å². The van der Waals surface area contributed by atoms with Crippen molar-refractivity contribution in [3.8, 4) is 5.75 Å². The van der Waals surface area contributed by atoms with E-state index in [9.17, 15) is 4.39 Å². The first-order valence-electron chi connectivity index (χ1n) is 10.9. The summed E-state index contributed by atoms with van der Waals surface area (Å²) in [6, 6.07) is 13.4. The van der Waals surface area contributed by atoms with E-state index in [1.165, 1.54) is 12.5 Å². The minimum absolute atomic E-state index is 0.231. The van der Waals surface area contributed by atoms with Crippen LogP contribution in [0.4, 0.5) is 4.39 Å². The minimum atomic E-state index is -0.231. The second kappa shape index (κ2) is 7.22. The van der Waals surface area contributed by atoms with E-state index < -0.39 is 0 Å². The molecule has 1 aliphatic rings. The molecule has 0 amide bonds. The third kappa shape index (κ3) is 3.19. The number of fused-ring (bicyclic) bond motifs is 6. The van der Waals surface area contributed by atoms with Gasteiger partial charge in [0.05, 0.1) is 11.0 Å². The summed E-state index contributed by atoms with van der Waals surface area (Å²) in [5.41, 5.74) is 3.89. The molecule has 158 valence electrons. The smallest absolute Gasteiger partial charge is 0.167 e. The van der Waals surface area contributed by atoms with Gasteiger partial charge in [0.2, 0.25) is 0 Å². The lowest BCUT2D eigenvalue weighted by Crippen LogP contribution is -2.26. The highest BCUT2D eigenvalue weighted by molar-refractivity contribution is 7.27. The largest absolute Gasteiger partial charge is 0.488 e. The molecule has 0 radical (unpaired) electrons. The van der Waals surface area contributed by atoms with Gasteiger partial charge in [-0.2, -0.15) is 0 Å². The molecule has 1 fully saturated rings. The van der Waals surface area contributed by atoms with Gasteiger partial charge in [0, 0.05) is 45.7 Å². The van der Waals surface area contributed by atoms with E-state index >= 15 is 0 Å². The van der Waals surface area contributed by atoms with Gasteiger partial charge in [-0.1, -0.05) is 13.0 Å². The Morgan fingerprint density at radius 2 is 1.71 bits per heavy atom. The third-order valence-electron chi connectivity index (χ3n) is 6.57. The first kappa shape index (κ1) is 19.1. The molecule has 3 heterocycles. The van der Waals surface area contributed by atoms with E-state index in [1.807, 2.05) is 0 Å². The lowest BCUT2D eigenvalue weighted by Gasteiger charge is -2.16. The molecule has 2 unspecified atom stereocenters. The maximum absolute atomic E-state index is 14.0. The number of hydrogen-bond donors (Lipinski definition) is 2. The van der Waals surface area contributed by atoms with Crippen molar-refractivity contribution in [2.45, 2.75) is 13.3 Å². The molecule has 1 aliphatic heterocycles. The number of likely N-dealkylation sites (tertiary alicyclic amines) is 1. The Hall–Kier alpha value is -2.62. The molecule has 4 nitrogen and oxygen atoms in total. The average molecular weight is 433 g/mol. The second-order valence-corrected chi connectivity index (χ2v) is 9.51. The molecular weight excluding hydrogens is 408 g/mol. The van der Waals surface area contributed by atoms with Crippen LogP contribution in [0.1, 0.15) is 13.3 Å². The lowest BCUT2D eigenvalue weighted by molar-refractivity contribution is 0.237. The Morgan fingerprint density at radius 1 is 1.00 bits per heavy atom. The Labute approximate surface area is 181 Å². The Bertz CT molecular complexity index is 1360. The predicted molar refractivity (Wildman–Crippen MR) is 130 cm³/mol. The second-order valence-electron chi connectivity index (χ2n) is 8.84. The molecule has 1 saturated heterocycles. The van der Waals surface area contributed by atoms with Crippen LogP contribution < -0.4 is 10.0 Å². The number of aromatic nitrogens is 2. The Morgan fingerprint density at radius 3 is 2.42 bits per heavy atom. The summed E-state index contributed by atoms with van der Waals surface area (Å²) in [4.78, 5) is 9.51. The topological polar surface area (TPSA) is 44.0 Å². The van der Waals surface area contributed by atoms with E-state index in [1.54, 1.807) is 12.1 Å². The molecular formula is C25H25FN3OP. The molecule has 2 N–H and O–H groups in total. The quantitative estimate of drug-likeness (QED) is 0.377. The van der Waals surface area contributed by atoms with E-state index in [2.05, 4.69) is 55.3 Å². The fourth-order valence-corrected chi connectivity index (χ4v) is 5.26. The molecule has 0 saturated carbocycles. The van der Waals surface area contributed by atoms with Crippen LogP contribution in [-0.2, 0) is 0 Å². The van der Waals surface area contributed by atoms with Crippen molar-refractivity contribution >= 4 is 58.2 Å². The van der Waals surface area contributed by atoms with E-state index in [4.69, 9.17) is 4.74 Å². The molecule has 5 aromatic rings. The minimum Gasteiger partial charge on any atom is -0.488 e. The SMILES string of the molecule is CC1CCN(CCOc2c3[nH]c4ccc(F)cc4c3cc3c2[nH]c2ccc(P)cc23)C1. The maximum Gasteiger partial charge on any atom is 0.167 e. The Balaban J connectivity index is 1.53. The number of hydrogen-bond acceptors (Lipinski definition) is 2. The monoisotopic (exact) mass is 433 g/mol. The zero-order valence-corrected chi connectivity index (χ0v) is 18.6. The highest BCUT2D eigenvalue weighted by Gasteiger charge is 2.20. The first-order chi connectivity index (χ1) is 15.1. The summed E-state index contributed by atoms with van der Waals surface area (Å²) in [5, 5.41) is 5.24. The van der Waals surface area contributed by atoms with Gasteiger partial charge in [-0.25, -0.2) is 4.39 Å². The summed E-state index contributed by atoms with van der Waals surface area (Å²) in [5.74, 6) is 1.34. The number of rotatable bonds is 4. The average Bonchev–Trinajstić information content (AvgIpc) is 3.43. The van der Waals surface area contributed by atoms with Crippen LogP contribution in [0.3, 0.4) is 0 Å². The first-order valence-corrected chi connectivity index (χ1v) is 11.4. The third-order valence-corrected chi connectivity index (χ3v) is 6.93. The van der Waals surface area contributed by atoms with Crippen LogP contribution in [0.15, 0.2) is 42.5 Å². The lowest BCUT2D eigenvalue weighted by atomic mass is 10.1. The van der Waals surface area contributed by atoms with Gasteiger partial charge in [0.15, 0.2) is 5.75 Å². The molecule has 2 atom stereocenters. The van der Waals surface area contributed by atoms with Gasteiger partial charge in [0.1, 0.15) is 12.4 Å². The molecule has 6 heteroatoms. The van der Waals surface area contributed by atoms with Gasteiger partial charge in [-0.15, -0.1) is 9.24 Å². The van der Waals surface area contributed by atoms with Crippen LogP contribution in [0.2, 0.25) is 0 Å². The molecule has 6 rings (SSSR count). The molecule has 31 heavy (non-hydrogen) atoms. The molecule has 0 spiro atoms. The van der Waals surface area contributed by atoms with Gasteiger partial charge in [-0.3, -0.25) is 4.90 Å². The van der Waals surface area contributed by atoms with E-state index in [0.29, 0.717) is 6.61 Å². The van der Waals surface area contributed by atoms with Gasteiger partial charge < -0.3 is 14.7 Å².